The molecule has 0 saturated carbocycles. The van der Waals surface area contributed by atoms with E-state index in [-0.39, 0.29) is 17.0 Å². The first-order valence-electron chi connectivity index (χ1n) is 15.5. The number of halogens is 1. The second-order valence-electron chi connectivity index (χ2n) is 11.1. The van der Waals surface area contributed by atoms with Gasteiger partial charge in [-0.1, -0.05) is 39.0 Å². The van der Waals surface area contributed by atoms with Crippen molar-refractivity contribution in [3.63, 3.8) is 0 Å². The van der Waals surface area contributed by atoms with Crippen LogP contribution in [-0.4, -0.2) is 6.16 Å². The van der Waals surface area contributed by atoms with Crippen LogP contribution < -0.4 is 15.9 Å². The van der Waals surface area contributed by atoms with Crippen molar-refractivity contribution in [3.8, 4) is 0 Å². The second kappa shape index (κ2) is 20.5. The number of rotatable bonds is 20. The average Bonchev–Trinajstić information content (AvgIpc) is 2.96. The molecule has 2 heteroatoms. The van der Waals surface area contributed by atoms with Crippen molar-refractivity contribution in [3.05, 3.63) is 91.0 Å². The van der Waals surface area contributed by atoms with Gasteiger partial charge in [-0.05, 0) is 0 Å². The van der Waals surface area contributed by atoms with E-state index >= 15 is 0 Å². The normalized spacial score (nSPS) is 11.7. The minimum absolute atomic E-state index is 0. The van der Waals surface area contributed by atoms with Gasteiger partial charge in [0.05, 0.1) is 0 Å². The molecule has 0 unspecified atom stereocenters. The fraction of sp³-hybridized carbons (Fsp3) is 0.500. The molecule has 0 amide bonds. The van der Waals surface area contributed by atoms with Crippen molar-refractivity contribution < 1.29 is 0 Å². The third-order valence-corrected chi connectivity index (χ3v) is 13.3. The number of unbranched alkanes of at least 4 members (excludes halogenated alkanes) is 15. The Morgan fingerprint density at radius 1 is 0.368 bits per heavy atom. The van der Waals surface area contributed by atoms with Crippen LogP contribution in [0, 0.1) is 0 Å². The van der Waals surface area contributed by atoms with E-state index in [2.05, 4.69) is 97.9 Å². The van der Waals surface area contributed by atoms with E-state index in [9.17, 15) is 0 Å². The van der Waals surface area contributed by atoms with Gasteiger partial charge in [0.2, 0.25) is 0 Å². The van der Waals surface area contributed by atoms with Crippen LogP contribution in [0.5, 0.6) is 0 Å². The number of benzene rings is 3. The van der Waals surface area contributed by atoms with Crippen LogP contribution in [0.4, 0.5) is 0 Å². The van der Waals surface area contributed by atoms with Gasteiger partial charge in [-0.15, -0.1) is 17.0 Å². The van der Waals surface area contributed by atoms with Crippen molar-refractivity contribution in [1.29, 1.82) is 0 Å². The number of hydrogen-bond acceptors (Lipinski definition) is 0. The molecule has 0 bridgehead atoms. The molecule has 3 aromatic rings. The maximum atomic E-state index is 2.39. The van der Waals surface area contributed by atoms with Crippen molar-refractivity contribution in [2.75, 3.05) is 6.16 Å². The fourth-order valence-corrected chi connectivity index (χ4v) is 11.0. The van der Waals surface area contributed by atoms with Crippen molar-refractivity contribution in [1.82, 2.24) is 0 Å². The minimum atomic E-state index is -2.03. The zero-order valence-corrected chi connectivity index (χ0v) is 26.8. The van der Waals surface area contributed by atoms with Gasteiger partial charge in [0.1, 0.15) is 0 Å². The predicted molar refractivity (Wildman–Crippen MR) is 181 cm³/mol. The zero-order valence-electron chi connectivity index (χ0n) is 24.1. The summed E-state index contributed by atoms with van der Waals surface area (Å²) in [6.07, 6.45) is 24.1. The molecule has 210 valence electrons. The van der Waals surface area contributed by atoms with Gasteiger partial charge in [-0.2, -0.15) is 0 Å². The van der Waals surface area contributed by atoms with Crippen LogP contribution in [0.3, 0.4) is 0 Å². The standard InChI is InChI=1S/C36H53P.BrH/c1-2-3-4-5-6-7-8-9-10-11-12-13-14-15-16-26-33-37(34-27-20-17-21-28-34,35-29-22-18-23-30-35)36-31-24-19-25-32-36;/h17-25,27-32,37H,2-16,26,33H2,1H3;1H. The van der Waals surface area contributed by atoms with E-state index in [1.807, 2.05) is 0 Å². The van der Waals surface area contributed by atoms with E-state index < -0.39 is 7.26 Å². The molecule has 0 nitrogen and oxygen atoms in total. The van der Waals surface area contributed by atoms with Gasteiger partial charge in [0, 0.05) is 0 Å². The summed E-state index contributed by atoms with van der Waals surface area (Å²) in [4.78, 5) is 0. The molecule has 38 heavy (non-hydrogen) atoms. The van der Waals surface area contributed by atoms with E-state index in [1.165, 1.54) is 109 Å². The summed E-state index contributed by atoms with van der Waals surface area (Å²) in [5.74, 6) is 0. The van der Waals surface area contributed by atoms with Gasteiger partial charge in [-0.3, -0.25) is 0 Å². The molecule has 0 N–H and O–H groups in total. The molecule has 0 fully saturated rings. The molecule has 0 aliphatic carbocycles. The Morgan fingerprint density at radius 2 is 0.632 bits per heavy atom. The van der Waals surface area contributed by atoms with Crippen LogP contribution >= 0.6 is 24.2 Å². The fourth-order valence-electron chi connectivity index (χ4n) is 6.04. The van der Waals surface area contributed by atoms with Crippen molar-refractivity contribution in [2.24, 2.45) is 0 Å². The van der Waals surface area contributed by atoms with Crippen LogP contribution in [0.2, 0.25) is 0 Å². The third kappa shape index (κ3) is 11.0. The molecule has 3 rings (SSSR count). The van der Waals surface area contributed by atoms with Gasteiger partial charge in [0.15, 0.2) is 0 Å². The summed E-state index contributed by atoms with van der Waals surface area (Å²) >= 11 is 0. The summed E-state index contributed by atoms with van der Waals surface area (Å²) in [6.45, 7) is 2.30. The Hall–Kier alpha value is -1.43. The zero-order chi connectivity index (χ0) is 25.9. The number of hydrogen-bond donors (Lipinski definition) is 0. The average molecular weight is 598 g/mol. The Labute approximate surface area is 246 Å². The molecule has 0 spiro atoms. The molecule has 0 atom stereocenters. The molecule has 0 aliphatic rings. The molecular weight excluding hydrogens is 543 g/mol. The SMILES string of the molecule is Br.CCCCCCCCCCCCCCCCCC[PH](c1ccccc1)(c1ccccc1)c1ccccc1. The summed E-state index contributed by atoms with van der Waals surface area (Å²) in [6, 6.07) is 34.2. The van der Waals surface area contributed by atoms with E-state index in [4.69, 9.17) is 0 Å². The third-order valence-electron chi connectivity index (χ3n) is 8.21. The van der Waals surface area contributed by atoms with Gasteiger partial charge >= 0.3 is 191 Å². The van der Waals surface area contributed by atoms with Gasteiger partial charge in [0.25, 0.3) is 0 Å². The maximum absolute atomic E-state index is 2.39. The van der Waals surface area contributed by atoms with E-state index in [0.29, 0.717) is 0 Å². The first kappa shape index (κ1) is 32.8. The second-order valence-corrected chi connectivity index (χ2v) is 15.1. The molecular formula is C36H54BrP. The molecule has 0 heterocycles. The first-order valence-corrected chi connectivity index (χ1v) is 17.7. The molecule has 0 aromatic heterocycles. The predicted octanol–water partition coefficient (Wildman–Crippen LogP) is 10.6. The summed E-state index contributed by atoms with van der Waals surface area (Å²) in [5, 5.41) is 4.65. The van der Waals surface area contributed by atoms with E-state index in [1.54, 1.807) is 15.9 Å². The van der Waals surface area contributed by atoms with Crippen LogP contribution in [0.15, 0.2) is 91.0 Å². The summed E-state index contributed by atoms with van der Waals surface area (Å²) < 4.78 is 0. The van der Waals surface area contributed by atoms with Gasteiger partial charge in [-0.25, -0.2) is 0 Å². The Bertz CT molecular complexity index is 829. The van der Waals surface area contributed by atoms with Crippen LogP contribution in [-0.2, 0) is 0 Å². The van der Waals surface area contributed by atoms with E-state index in [0.717, 1.165) is 0 Å². The molecule has 0 saturated heterocycles. The van der Waals surface area contributed by atoms with Crippen LogP contribution in [0.1, 0.15) is 110 Å². The summed E-state index contributed by atoms with van der Waals surface area (Å²) in [5.41, 5.74) is 0. The molecule has 0 aliphatic heterocycles. The quantitative estimate of drug-likeness (QED) is 0.0898. The van der Waals surface area contributed by atoms with Crippen molar-refractivity contribution in [2.45, 2.75) is 110 Å². The Balaban J connectivity index is 0.00000507. The topological polar surface area (TPSA) is 0 Å². The monoisotopic (exact) mass is 596 g/mol. The Kier molecular flexibility index (Phi) is 17.7. The summed E-state index contributed by atoms with van der Waals surface area (Å²) in [7, 11) is -2.03. The molecule has 0 radical (unpaired) electrons. The molecule has 3 aromatic carbocycles. The first-order chi connectivity index (χ1) is 18.4. The Morgan fingerprint density at radius 3 is 0.921 bits per heavy atom. The van der Waals surface area contributed by atoms with Crippen LogP contribution in [0.25, 0.3) is 0 Å². The van der Waals surface area contributed by atoms with Crippen molar-refractivity contribution >= 4 is 40.2 Å². The van der Waals surface area contributed by atoms with Gasteiger partial charge < -0.3 is 0 Å².